The van der Waals surface area contributed by atoms with Crippen LogP contribution in [0.3, 0.4) is 0 Å². The molecule has 0 bridgehead atoms. The fraction of sp³-hybridized carbons (Fsp3) is 0.500. The third-order valence-corrected chi connectivity index (χ3v) is 4.25. The van der Waals surface area contributed by atoms with Crippen LogP contribution in [-0.2, 0) is 9.53 Å². The highest BCUT2D eigenvalue weighted by atomic mass is 32.2. The summed E-state index contributed by atoms with van der Waals surface area (Å²) >= 11 is 1.67. The quantitative estimate of drug-likeness (QED) is 0.761. The van der Waals surface area contributed by atoms with E-state index in [9.17, 15) is 4.79 Å². The van der Waals surface area contributed by atoms with Gasteiger partial charge in [-0.2, -0.15) is 0 Å². The summed E-state index contributed by atoms with van der Waals surface area (Å²) in [7, 11) is 0. The summed E-state index contributed by atoms with van der Waals surface area (Å²) in [5.41, 5.74) is 1.26. The third-order valence-electron chi connectivity index (χ3n) is 2.99. The maximum atomic E-state index is 11.3. The monoisotopic (exact) mass is 250 g/mol. The molecule has 1 fully saturated rings. The molecule has 0 amide bonds. The highest BCUT2D eigenvalue weighted by molar-refractivity contribution is 7.99. The van der Waals surface area contributed by atoms with Crippen LogP contribution in [0.1, 0.15) is 31.7 Å². The third kappa shape index (κ3) is 3.25. The van der Waals surface area contributed by atoms with Crippen LogP contribution in [0.25, 0.3) is 0 Å². The smallest absolute Gasteiger partial charge is 0.307 e. The summed E-state index contributed by atoms with van der Waals surface area (Å²) < 4.78 is 5.38. The standard InChI is InChI=1S/C14H18O2S/c1-3-4-11-9-13(15)16-14(11)17-12-7-5-10(2)6-8-12/h5-8,11,14H,3-4,9H2,1-2H3/t11-,14-/m1/s1. The van der Waals surface area contributed by atoms with Gasteiger partial charge in [-0.15, -0.1) is 0 Å². The molecule has 2 rings (SSSR count). The summed E-state index contributed by atoms with van der Waals surface area (Å²) in [5, 5.41) is 0. The Morgan fingerprint density at radius 2 is 2.06 bits per heavy atom. The Morgan fingerprint density at radius 1 is 1.35 bits per heavy atom. The molecule has 3 heteroatoms. The first-order valence-corrected chi connectivity index (χ1v) is 7.00. The Hall–Kier alpha value is -0.960. The van der Waals surface area contributed by atoms with Crippen LogP contribution in [-0.4, -0.2) is 11.4 Å². The van der Waals surface area contributed by atoms with E-state index in [1.807, 2.05) is 0 Å². The van der Waals surface area contributed by atoms with Crippen molar-refractivity contribution in [1.82, 2.24) is 0 Å². The average Bonchev–Trinajstić information content (AvgIpc) is 2.63. The van der Waals surface area contributed by atoms with Gasteiger partial charge in [0.05, 0.1) is 6.42 Å². The van der Waals surface area contributed by atoms with E-state index in [0.717, 1.165) is 12.8 Å². The SMILES string of the molecule is CCC[C@@H]1CC(=O)O[C@@H]1Sc1ccc(C)cc1. The molecule has 1 aromatic carbocycles. The van der Waals surface area contributed by atoms with Crippen LogP contribution >= 0.6 is 11.8 Å². The second-order valence-electron chi connectivity index (χ2n) is 4.54. The predicted molar refractivity (Wildman–Crippen MR) is 69.9 cm³/mol. The fourth-order valence-corrected chi connectivity index (χ4v) is 3.21. The van der Waals surface area contributed by atoms with E-state index in [1.165, 1.54) is 10.5 Å². The molecular weight excluding hydrogens is 232 g/mol. The number of thioether (sulfide) groups is 1. The van der Waals surface area contributed by atoms with Gasteiger partial charge < -0.3 is 4.74 Å². The summed E-state index contributed by atoms with van der Waals surface area (Å²) in [4.78, 5) is 12.5. The minimum atomic E-state index is -0.0481. The van der Waals surface area contributed by atoms with Crippen molar-refractivity contribution >= 4 is 17.7 Å². The van der Waals surface area contributed by atoms with Gasteiger partial charge in [0.2, 0.25) is 0 Å². The van der Waals surface area contributed by atoms with E-state index < -0.39 is 0 Å². The van der Waals surface area contributed by atoms with Crippen molar-refractivity contribution in [2.24, 2.45) is 5.92 Å². The molecule has 1 saturated heterocycles. The largest absolute Gasteiger partial charge is 0.451 e. The molecular formula is C14H18O2S. The number of carbonyl (C=O) groups is 1. The molecule has 0 unspecified atom stereocenters. The zero-order valence-corrected chi connectivity index (χ0v) is 11.1. The molecule has 1 aliphatic heterocycles. The molecule has 92 valence electrons. The lowest BCUT2D eigenvalue weighted by Crippen LogP contribution is -2.11. The summed E-state index contributed by atoms with van der Waals surface area (Å²) in [6, 6.07) is 8.37. The van der Waals surface area contributed by atoms with Crippen molar-refractivity contribution in [2.45, 2.75) is 43.4 Å². The molecule has 0 N–H and O–H groups in total. The zero-order valence-electron chi connectivity index (χ0n) is 10.3. The van der Waals surface area contributed by atoms with Crippen molar-refractivity contribution in [3.8, 4) is 0 Å². The molecule has 2 nitrogen and oxygen atoms in total. The molecule has 17 heavy (non-hydrogen) atoms. The molecule has 0 saturated carbocycles. The highest BCUT2D eigenvalue weighted by Gasteiger charge is 2.34. The molecule has 2 atom stereocenters. The average molecular weight is 250 g/mol. The second-order valence-corrected chi connectivity index (χ2v) is 5.71. The van der Waals surface area contributed by atoms with Crippen LogP contribution in [0.2, 0.25) is 0 Å². The fourth-order valence-electron chi connectivity index (χ4n) is 2.06. The first-order chi connectivity index (χ1) is 8.19. The van der Waals surface area contributed by atoms with Gasteiger partial charge in [0.1, 0.15) is 0 Å². The Kier molecular flexibility index (Phi) is 4.11. The maximum Gasteiger partial charge on any atom is 0.307 e. The Morgan fingerprint density at radius 3 is 2.71 bits per heavy atom. The number of esters is 1. The van der Waals surface area contributed by atoms with Gasteiger partial charge in [0, 0.05) is 10.8 Å². The zero-order chi connectivity index (χ0) is 12.3. The van der Waals surface area contributed by atoms with E-state index in [1.54, 1.807) is 11.8 Å². The number of rotatable bonds is 4. The van der Waals surface area contributed by atoms with Gasteiger partial charge in [-0.05, 0) is 25.5 Å². The van der Waals surface area contributed by atoms with E-state index in [0.29, 0.717) is 12.3 Å². The molecule has 0 spiro atoms. The summed E-state index contributed by atoms with van der Waals surface area (Å²) in [6.07, 6.45) is 2.75. The molecule has 1 heterocycles. The van der Waals surface area contributed by atoms with E-state index in [4.69, 9.17) is 4.74 Å². The lowest BCUT2D eigenvalue weighted by atomic mass is 10.0. The van der Waals surface area contributed by atoms with Crippen molar-refractivity contribution < 1.29 is 9.53 Å². The van der Waals surface area contributed by atoms with Crippen LogP contribution in [0.15, 0.2) is 29.2 Å². The van der Waals surface area contributed by atoms with Crippen molar-refractivity contribution in [3.05, 3.63) is 29.8 Å². The van der Waals surface area contributed by atoms with Gasteiger partial charge in [-0.25, -0.2) is 0 Å². The van der Waals surface area contributed by atoms with E-state index >= 15 is 0 Å². The second kappa shape index (κ2) is 5.58. The Balaban J connectivity index is 2.01. The topological polar surface area (TPSA) is 26.3 Å². The number of aryl methyl sites for hydroxylation is 1. The molecule has 1 aromatic rings. The van der Waals surface area contributed by atoms with E-state index in [-0.39, 0.29) is 11.4 Å². The van der Waals surface area contributed by atoms with Gasteiger partial charge in [-0.3, -0.25) is 4.79 Å². The normalized spacial score (nSPS) is 23.8. The summed E-state index contributed by atoms with van der Waals surface area (Å²) in [5.74, 6) is 0.326. The Labute approximate surface area is 107 Å². The Bertz CT molecular complexity index is 386. The predicted octanol–water partition coefficient (Wildman–Crippen LogP) is 3.78. The van der Waals surface area contributed by atoms with Crippen LogP contribution in [0, 0.1) is 12.8 Å². The van der Waals surface area contributed by atoms with Crippen molar-refractivity contribution in [3.63, 3.8) is 0 Å². The number of benzene rings is 1. The van der Waals surface area contributed by atoms with Crippen LogP contribution < -0.4 is 0 Å². The van der Waals surface area contributed by atoms with Crippen LogP contribution in [0.5, 0.6) is 0 Å². The van der Waals surface area contributed by atoms with Gasteiger partial charge in [0.25, 0.3) is 0 Å². The molecule has 0 aromatic heterocycles. The van der Waals surface area contributed by atoms with Crippen LogP contribution in [0.4, 0.5) is 0 Å². The summed E-state index contributed by atoms with van der Waals surface area (Å²) in [6.45, 7) is 4.22. The van der Waals surface area contributed by atoms with Gasteiger partial charge in [-0.1, -0.05) is 42.8 Å². The first kappa shape index (κ1) is 12.5. The number of ether oxygens (including phenoxy) is 1. The number of hydrogen-bond donors (Lipinski definition) is 0. The molecule has 0 aliphatic carbocycles. The van der Waals surface area contributed by atoms with Crippen molar-refractivity contribution in [1.29, 1.82) is 0 Å². The van der Waals surface area contributed by atoms with Gasteiger partial charge in [0.15, 0.2) is 5.44 Å². The number of carbonyl (C=O) groups excluding carboxylic acids is 1. The first-order valence-electron chi connectivity index (χ1n) is 6.12. The lowest BCUT2D eigenvalue weighted by Gasteiger charge is -2.16. The molecule has 0 radical (unpaired) electrons. The minimum absolute atomic E-state index is 0.00477. The number of hydrogen-bond acceptors (Lipinski definition) is 3. The molecule has 1 aliphatic rings. The van der Waals surface area contributed by atoms with E-state index in [2.05, 4.69) is 38.1 Å². The maximum absolute atomic E-state index is 11.3. The van der Waals surface area contributed by atoms with Crippen molar-refractivity contribution in [2.75, 3.05) is 0 Å². The highest BCUT2D eigenvalue weighted by Crippen LogP contribution is 2.37. The minimum Gasteiger partial charge on any atom is -0.451 e. The number of cyclic esters (lactones) is 1. The van der Waals surface area contributed by atoms with Gasteiger partial charge >= 0.3 is 5.97 Å². The lowest BCUT2D eigenvalue weighted by molar-refractivity contribution is -0.138.